The van der Waals surface area contributed by atoms with Gasteiger partial charge < -0.3 is 25.4 Å². The highest BCUT2D eigenvalue weighted by molar-refractivity contribution is 8.00. The van der Waals surface area contributed by atoms with Gasteiger partial charge in [0.05, 0.1) is 10.8 Å². The zero-order chi connectivity index (χ0) is 41.2. The number of ketones is 1. The van der Waals surface area contributed by atoms with Gasteiger partial charge >= 0.3 is 18.0 Å². The Hall–Kier alpha value is -4.64. The van der Waals surface area contributed by atoms with Crippen molar-refractivity contribution in [2.45, 2.75) is 128 Å². The van der Waals surface area contributed by atoms with E-state index in [1.807, 2.05) is 30.0 Å². The molecule has 0 spiro atoms. The number of urea groups is 1. The third-order valence-corrected chi connectivity index (χ3v) is 10.4. The van der Waals surface area contributed by atoms with Crippen LogP contribution < -0.4 is 16.0 Å². The maximum atomic E-state index is 13.0. The Labute approximate surface area is 337 Å². The predicted octanol–water partition coefficient (Wildman–Crippen LogP) is 8.26. The number of rotatable bonds is 21. The molecule has 56 heavy (non-hydrogen) atoms. The first-order valence-electron chi connectivity index (χ1n) is 19.6. The van der Waals surface area contributed by atoms with Crippen LogP contribution in [0.3, 0.4) is 0 Å². The molecule has 0 aliphatic rings. The summed E-state index contributed by atoms with van der Waals surface area (Å²) in [7, 11) is 0. The lowest BCUT2D eigenvalue weighted by Gasteiger charge is -2.35. The number of unbranched alkanes of at least 4 members (excludes halogenated alkanes) is 2. The molecule has 3 N–H and O–H groups in total. The van der Waals surface area contributed by atoms with E-state index >= 15 is 0 Å². The molecule has 3 rings (SSSR count). The lowest BCUT2D eigenvalue weighted by molar-refractivity contribution is -0.158. The van der Waals surface area contributed by atoms with Crippen LogP contribution in [0.15, 0.2) is 91.0 Å². The van der Waals surface area contributed by atoms with Gasteiger partial charge in [0.2, 0.25) is 5.91 Å². The SMILES string of the molecule is CC(=O)C(CCCCNC(=O)CCCCSC(c1ccccc1)(c1ccccc1)c1ccccc1)NC(=O)NC(CCC(=O)OC(C)(C)C)C(=O)OC(C)(C)C. The van der Waals surface area contributed by atoms with Crippen LogP contribution in [-0.4, -0.2) is 65.2 Å². The fraction of sp³-hybridized carbons (Fsp3) is 0.489. The van der Waals surface area contributed by atoms with E-state index in [1.165, 1.54) is 23.6 Å². The summed E-state index contributed by atoms with van der Waals surface area (Å²) in [4.78, 5) is 63.3. The van der Waals surface area contributed by atoms with Crippen LogP contribution in [0.4, 0.5) is 4.79 Å². The van der Waals surface area contributed by atoms with Gasteiger partial charge in [0.25, 0.3) is 0 Å². The van der Waals surface area contributed by atoms with Gasteiger partial charge in [0, 0.05) is 19.4 Å². The number of carbonyl (C=O) groups excluding carboxylic acids is 5. The molecule has 10 nitrogen and oxygen atoms in total. The van der Waals surface area contributed by atoms with Gasteiger partial charge in [0.15, 0.2) is 5.78 Å². The number of ether oxygens (including phenoxy) is 2. The van der Waals surface area contributed by atoms with Crippen LogP contribution in [-0.2, 0) is 33.4 Å². The Balaban J connectivity index is 1.45. The molecule has 0 bridgehead atoms. The number of benzene rings is 3. The van der Waals surface area contributed by atoms with E-state index in [4.69, 9.17) is 9.47 Å². The van der Waals surface area contributed by atoms with E-state index < -0.39 is 41.3 Å². The van der Waals surface area contributed by atoms with Crippen molar-refractivity contribution in [3.05, 3.63) is 108 Å². The quantitative estimate of drug-likeness (QED) is 0.0557. The highest BCUT2D eigenvalue weighted by Crippen LogP contribution is 2.48. The molecule has 3 aromatic carbocycles. The average Bonchev–Trinajstić information content (AvgIpc) is 3.13. The molecule has 0 saturated heterocycles. The van der Waals surface area contributed by atoms with Crippen LogP contribution in [0.1, 0.15) is 117 Å². The maximum absolute atomic E-state index is 13.0. The van der Waals surface area contributed by atoms with Gasteiger partial charge in [-0.3, -0.25) is 14.4 Å². The zero-order valence-corrected chi connectivity index (χ0v) is 35.0. The second kappa shape index (κ2) is 22.2. The third-order valence-electron chi connectivity index (χ3n) is 8.75. The summed E-state index contributed by atoms with van der Waals surface area (Å²) in [5.74, 6) is -0.587. The average molecular weight is 788 g/mol. The molecule has 0 aliphatic heterocycles. The fourth-order valence-electron chi connectivity index (χ4n) is 6.18. The van der Waals surface area contributed by atoms with Crippen molar-refractivity contribution < 1.29 is 33.4 Å². The van der Waals surface area contributed by atoms with Crippen molar-refractivity contribution in [3.8, 4) is 0 Å². The summed E-state index contributed by atoms with van der Waals surface area (Å²) in [5.41, 5.74) is 2.13. The van der Waals surface area contributed by atoms with Crippen LogP contribution in [0, 0.1) is 0 Å². The van der Waals surface area contributed by atoms with Crippen LogP contribution in [0.25, 0.3) is 0 Å². The highest BCUT2D eigenvalue weighted by atomic mass is 32.2. The van der Waals surface area contributed by atoms with E-state index in [-0.39, 0.29) is 29.3 Å². The van der Waals surface area contributed by atoms with Crippen molar-refractivity contribution in [1.29, 1.82) is 0 Å². The monoisotopic (exact) mass is 787 g/mol. The number of amides is 3. The van der Waals surface area contributed by atoms with Gasteiger partial charge in [-0.1, -0.05) is 91.0 Å². The largest absolute Gasteiger partial charge is 0.460 e. The van der Waals surface area contributed by atoms with Gasteiger partial charge in [-0.2, -0.15) is 0 Å². The molecule has 0 heterocycles. The van der Waals surface area contributed by atoms with E-state index in [2.05, 4.69) is 88.7 Å². The number of Topliss-reactive ketones (excluding diaryl/α,β-unsaturated/α-hetero) is 1. The molecular weight excluding hydrogens is 727 g/mol. The molecule has 304 valence electrons. The van der Waals surface area contributed by atoms with Crippen molar-refractivity contribution in [3.63, 3.8) is 0 Å². The van der Waals surface area contributed by atoms with Gasteiger partial charge in [-0.25, -0.2) is 9.59 Å². The number of thioether (sulfide) groups is 1. The third kappa shape index (κ3) is 15.8. The molecule has 0 fully saturated rings. The first-order chi connectivity index (χ1) is 26.5. The minimum Gasteiger partial charge on any atom is -0.460 e. The lowest BCUT2D eigenvalue weighted by Crippen LogP contribution is -2.52. The standard InChI is InChI=1S/C45H61N3O7S/c1-33(49)37(47-42(53)48-38(41(52)55-44(5,6)7)29-30-40(51)54-43(2,3)4)27-17-19-31-46-39(50)28-18-20-32-56-45(34-21-11-8-12-22-34,35-23-13-9-14-24-35)36-25-15-10-16-26-36/h8-16,21-26,37-38H,17-20,27-32H2,1-7H3,(H,46,50)(H2,47,48,53). The highest BCUT2D eigenvalue weighted by Gasteiger charge is 2.36. The Morgan fingerprint density at radius 3 is 1.59 bits per heavy atom. The summed E-state index contributed by atoms with van der Waals surface area (Å²) in [6.45, 7) is 12.2. The van der Waals surface area contributed by atoms with Crippen LogP contribution in [0.5, 0.6) is 0 Å². The second-order valence-electron chi connectivity index (χ2n) is 15.9. The fourth-order valence-corrected chi connectivity index (χ4v) is 7.75. The molecule has 0 radical (unpaired) electrons. The zero-order valence-electron chi connectivity index (χ0n) is 34.2. The number of hydrogen-bond acceptors (Lipinski definition) is 8. The first-order valence-corrected chi connectivity index (χ1v) is 20.6. The summed E-state index contributed by atoms with van der Waals surface area (Å²) < 4.78 is 10.4. The Kier molecular flexibility index (Phi) is 18.1. The van der Waals surface area contributed by atoms with Crippen molar-refractivity contribution in [1.82, 2.24) is 16.0 Å². The second-order valence-corrected chi connectivity index (χ2v) is 17.2. The number of esters is 2. The molecule has 0 saturated carbocycles. The minimum atomic E-state index is -1.12. The van der Waals surface area contributed by atoms with E-state index in [9.17, 15) is 24.0 Å². The molecule has 11 heteroatoms. The molecule has 0 aliphatic carbocycles. The van der Waals surface area contributed by atoms with Gasteiger partial charge in [0.1, 0.15) is 17.2 Å². The number of carbonyl (C=O) groups is 5. The topological polar surface area (TPSA) is 140 Å². The summed E-state index contributed by atoms with van der Waals surface area (Å²) in [6.07, 6.45) is 3.46. The van der Waals surface area contributed by atoms with Gasteiger partial charge in [-0.15, -0.1) is 11.8 Å². The Bertz CT molecular complexity index is 1590. The van der Waals surface area contributed by atoms with E-state index in [1.54, 1.807) is 41.5 Å². The predicted molar refractivity (Wildman–Crippen MR) is 223 cm³/mol. The molecule has 3 aromatic rings. The summed E-state index contributed by atoms with van der Waals surface area (Å²) in [6, 6.07) is 29.1. The first kappa shape index (κ1) is 45.7. The van der Waals surface area contributed by atoms with Gasteiger partial charge in [-0.05, 0) is 109 Å². The lowest BCUT2D eigenvalue weighted by atomic mass is 9.84. The smallest absolute Gasteiger partial charge is 0.329 e. The van der Waals surface area contributed by atoms with Crippen LogP contribution in [0.2, 0.25) is 0 Å². The number of nitrogens with one attached hydrogen (secondary N) is 3. The van der Waals surface area contributed by atoms with Crippen molar-refractivity contribution in [2.24, 2.45) is 0 Å². The summed E-state index contributed by atoms with van der Waals surface area (Å²) >= 11 is 1.89. The Morgan fingerprint density at radius 1 is 0.607 bits per heavy atom. The number of hydrogen-bond donors (Lipinski definition) is 3. The maximum Gasteiger partial charge on any atom is 0.329 e. The van der Waals surface area contributed by atoms with E-state index in [0.717, 1.165) is 18.6 Å². The molecule has 3 amide bonds. The Morgan fingerprint density at radius 2 is 1.11 bits per heavy atom. The van der Waals surface area contributed by atoms with Crippen molar-refractivity contribution in [2.75, 3.05) is 12.3 Å². The molecule has 2 unspecified atom stereocenters. The normalized spacial score (nSPS) is 12.8. The van der Waals surface area contributed by atoms with Crippen LogP contribution >= 0.6 is 11.8 Å². The molecular formula is C45H61N3O7S. The van der Waals surface area contributed by atoms with E-state index in [0.29, 0.717) is 32.2 Å². The summed E-state index contributed by atoms with van der Waals surface area (Å²) in [5, 5.41) is 8.22. The van der Waals surface area contributed by atoms with Crippen molar-refractivity contribution >= 4 is 41.4 Å². The minimum absolute atomic E-state index is 0.0179. The molecule has 0 aromatic heterocycles. The molecule has 2 atom stereocenters.